The Bertz CT molecular complexity index is 463. The lowest BCUT2D eigenvalue weighted by molar-refractivity contribution is 0.616. The molecular formula is C17H28N4. The Morgan fingerprint density at radius 2 is 1.67 bits per heavy atom. The van der Waals surface area contributed by atoms with E-state index in [0.29, 0.717) is 11.4 Å². The third-order valence-corrected chi connectivity index (χ3v) is 3.78. The molecule has 0 fully saturated rings. The van der Waals surface area contributed by atoms with E-state index in [9.17, 15) is 5.26 Å². The van der Waals surface area contributed by atoms with Gasteiger partial charge in [0.15, 0.2) is 5.82 Å². The normalized spacial score (nSPS) is 10.4. The lowest BCUT2D eigenvalue weighted by Gasteiger charge is -2.11. The molecule has 0 atom stereocenters. The van der Waals surface area contributed by atoms with Crippen LogP contribution in [-0.2, 0) is 12.8 Å². The number of aromatic nitrogens is 2. The van der Waals surface area contributed by atoms with Crippen LogP contribution >= 0.6 is 0 Å². The molecule has 1 rings (SSSR count). The van der Waals surface area contributed by atoms with Crippen LogP contribution in [0.1, 0.15) is 76.1 Å². The summed E-state index contributed by atoms with van der Waals surface area (Å²) in [6.07, 6.45) is 9.23. The summed E-state index contributed by atoms with van der Waals surface area (Å²) in [6, 6.07) is 2.29. The second-order valence-corrected chi connectivity index (χ2v) is 5.36. The minimum absolute atomic E-state index is 0.653. The largest absolute Gasteiger partial charge is 0.367 e. The van der Waals surface area contributed by atoms with E-state index in [1.165, 1.54) is 32.1 Å². The van der Waals surface area contributed by atoms with Gasteiger partial charge >= 0.3 is 0 Å². The van der Waals surface area contributed by atoms with Crippen LogP contribution in [-0.4, -0.2) is 16.7 Å². The van der Waals surface area contributed by atoms with Gasteiger partial charge in [-0.1, -0.05) is 52.9 Å². The van der Waals surface area contributed by atoms with Crippen LogP contribution in [0.5, 0.6) is 0 Å². The van der Waals surface area contributed by atoms with E-state index >= 15 is 0 Å². The molecule has 0 radical (unpaired) electrons. The highest BCUT2D eigenvalue weighted by Crippen LogP contribution is 2.20. The van der Waals surface area contributed by atoms with Crippen LogP contribution in [0.2, 0.25) is 0 Å². The van der Waals surface area contributed by atoms with Crippen LogP contribution < -0.4 is 5.32 Å². The maximum absolute atomic E-state index is 9.39. The highest BCUT2D eigenvalue weighted by molar-refractivity contribution is 5.56. The van der Waals surface area contributed by atoms with E-state index in [0.717, 1.165) is 37.1 Å². The van der Waals surface area contributed by atoms with E-state index in [4.69, 9.17) is 0 Å². The average molecular weight is 288 g/mol. The van der Waals surface area contributed by atoms with Gasteiger partial charge in [0.1, 0.15) is 11.6 Å². The predicted octanol–water partition coefficient (Wildman–Crippen LogP) is 4.25. The predicted molar refractivity (Wildman–Crippen MR) is 87.4 cm³/mol. The Labute approximate surface area is 129 Å². The van der Waals surface area contributed by atoms with Crippen molar-refractivity contribution in [1.82, 2.24) is 10.2 Å². The number of unbranched alkanes of at least 4 members (excludes halogenated alkanes) is 5. The molecule has 116 valence electrons. The molecule has 0 aromatic carbocycles. The summed E-state index contributed by atoms with van der Waals surface area (Å²) < 4.78 is 0. The van der Waals surface area contributed by atoms with E-state index in [1.807, 2.05) is 6.92 Å². The van der Waals surface area contributed by atoms with Crippen molar-refractivity contribution in [3.05, 3.63) is 16.8 Å². The third kappa shape index (κ3) is 5.34. The average Bonchev–Trinajstić information content (AvgIpc) is 2.52. The van der Waals surface area contributed by atoms with E-state index in [-0.39, 0.29) is 0 Å². The van der Waals surface area contributed by atoms with E-state index < -0.39 is 0 Å². The van der Waals surface area contributed by atoms with Gasteiger partial charge in [-0.2, -0.15) is 10.4 Å². The maximum Gasteiger partial charge on any atom is 0.166 e. The number of anilines is 1. The molecule has 0 aliphatic heterocycles. The maximum atomic E-state index is 9.39. The fraction of sp³-hybridized carbons (Fsp3) is 0.706. The minimum atomic E-state index is 0.653. The van der Waals surface area contributed by atoms with Gasteiger partial charge in [0.25, 0.3) is 0 Å². The summed E-state index contributed by atoms with van der Waals surface area (Å²) in [5, 5.41) is 21.1. The van der Waals surface area contributed by atoms with Crippen LogP contribution in [0.3, 0.4) is 0 Å². The van der Waals surface area contributed by atoms with Crippen molar-refractivity contribution in [2.45, 2.75) is 72.1 Å². The van der Waals surface area contributed by atoms with Gasteiger partial charge in [-0.25, -0.2) is 0 Å². The number of hydrogen-bond acceptors (Lipinski definition) is 4. The van der Waals surface area contributed by atoms with Crippen molar-refractivity contribution in [2.24, 2.45) is 0 Å². The Morgan fingerprint density at radius 1 is 0.952 bits per heavy atom. The zero-order chi connectivity index (χ0) is 15.5. The number of aryl methyl sites for hydroxylation is 1. The van der Waals surface area contributed by atoms with E-state index in [1.54, 1.807) is 0 Å². The highest BCUT2D eigenvalue weighted by atomic mass is 15.2. The smallest absolute Gasteiger partial charge is 0.166 e. The third-order valence-electron chi connectivity index (χ3n) is 3.78. The molecule has 0 aliphatic rings. The second kappa shape index (κ2) is 10.1. The lowest BCUT2D eigenvalue weighted by Crippen LogP contribution is -2.11. The molecule has 1 aromatic rings. The van der Waals surface area contributed by atoms with Crippen molar-refractivity contribution in [2.75, 3.05) is 11.9 Å². The van der Waals surface area contributed by atoms with Gasteiger partial charge in [-0.15, -0.1) is 5.10 Å². The van der Waals surface area contributed by atoms with Crippen molar-refractivity contribution < 1.29 is 0 Å². The number of rotatable bonds is 10. The lowest BCUT2D eigenvalue weighted by atomic mass is 10.0. The van der Waals surface area contributed by atoms with Gasteiger partial charge in [-0.3, -0.25) is 0 Å². The molecule has 1 aromatic heterocycles. The van der Waals surface area contributed by atoms with Gasteiger partial charge in [0, 0.05) is 6.54 Å². The minimum Gasteiger partial charge on any atom is -0.367 e. The van der Waals surface area contributed by atoms with Gasteiger partial charge in [0.05, 0.1) is 5.69 Å². The molecule has 0 saturated heterocycles. The molecule has 1 N–H and O–H groups in total. The molecule has 0 saturated carbocycles. The first kappa shape index (κ1) is 17.4. The Balaban J connectivity index is 2.54. The van der Waals surface area contributed by atoms with Crippen molar-refractivity contribution in [3.63, 3.8) is 0 Å². The highest BCUT2D eigenvalue weighted by Gasteiger charge is 2.13. The van der Waals surface area contributed by atoms with Crippen molar-refractivity contribution in [3.8, 4) is 6.07 Å². The molecular weight excluding hydrogens is 260 g/mol. The molecule has 4 heteroatoms. The summed E-state index contributed by atoms with van der Waals surface area (Å²) in [4.78, 5) is 0. The van der Waals surface area contributed by atoms with Crippen LogP contribution in [0, 0.1) is 11.3 Å². The molecule has 4 nitrogen and oxygen atoms in total. The van der Waals surface area contributed by atoms with E-state index in [2.05, 4.69) is 35.4 Å². The van der Waals surface area contributed by atoms with Gasteiger partial charge in [-0.05, 0) is 24.8 Å². The zero-order valence-electron chi connectivity index (χ0n) is 13.7. The number of nitriles is 1. The monoisotopic (exact) mass is 288 g/mol. The van der Waals surface area contributed by atoms with Crippen LogP contribution in [0.15, 0.2) is 0 Å². The van der Waals surface area contributed by atoms with Crippen molar-refractivity contribution in [1.29, 1.82) is 5.26 Å². The summed E-state index contributed by atoms with van der Waals surface area (Å²) in [7, 11) is 0. The Kier molecular flexibility index (Phi) is 8.42. The molecule has 0 unspecified atom stereocenters. The first-order valence-corrected chi connectivity index (χ1v) is 8.30. The van der Waals surface area contributed by atoms with Crippen molar-refractivity contribution >= 4 is 5.82 Å². The zero-order valence-corrected chi connectivity index (χ0v) is 13.7. The standard InChI is InChI=1S/C17H28N4/c1-4-7-8-9-10-11-12-19-17-15(13-18)14(5-2)16(6-3)20-21-17/h4-12H2,1-3H3,(H,19,21). The molecule has 0 aliphatic carbocycles. The van der Waals surface area contributed by atoms with Gasteiger partial charge < -0.3 is 5.32 Å². The summed E-state index contributed by atoms with van der Waals surface area (Å²) in [5.74, 6) is 0.653. The SMILES string of the molecule is CCCCCCCCNc1nnc(CC)c(CC)c1C#N. The Morgan fingerprint density at radius 3 is 2.29 bits per heavy atom. The Hall–Kier alpha value is -1.63. The topological polar surface area (TPSA) is 61.6 Å². The number of nitrogens with zero attached hydrogens (tertiary/aromatic N) is 3. The second-order valence-electron chi connectivity index (χ2n) is 5.36. The summed E-state index contributed by atoms with van der Waals surface area (Å²) in [5.41, 5.74) is 2.66. The first-order valence-electron chi connectivity index (χ1n) is 8.30. The fourth-order valence-electron chi connectivity index (χ4n) is 2.53. The molecule has 21 heavy (non-hydrogen) atoms. The molecule has 1 heterocycles. The number of hydrogen-bond donors (Lipinski definition) is 1. The first-order chi connectivity index (χ1) is 10.3. The quantitative estimate of drug-likeness (QED) is 0.654. The summed E-state index contributed by atoms with van der Waals surface area (Å²) >= 11 is 0. The summed E-state index contributed by atoms with van der Waals surface area (Å²) in [6.45, 7) is 7.21. The van der Waals surface area contributed by atoms with Crippen LogP contribution in [0.4, 0.5) is 5.82 Å². The van der Waals surface area contributed by atoms with Gasteiger partial charge in [0.2, 0.25) is 0 Å². The molecule has 0 spiro atoms. The number of nitrogens with one attached hydrogen (secondary N) is 1. The van der Waals surface area contributed by atoms with Crippen LogP contribution in [0.25, 0.3) is 0 Å². The fourth-order valence-corrected chi connectivity index (χ4v) is 2.53. The molecule has 0 bridgehead atoms. The molecule has 0 amide bonds.